The molecule has 2 aromatic rings. The lowest BCUT2D eigenvalue weighted by atomic mass is 10.2. The summed E-state index contributed by atoms with van der Waals surface area (Å²) in [6.45, 7) is 1.10. The minimum Gasteiger partial charge on any atom is -0.392 e. The molecule has 7 heteroatoms. The Kier molecular flexibility index (Phi) is 4.24. The number of benzene rings is 2. The third-order valence-corrected chi connectivity index (χ3v) is 4.29. The number of halogens is 2. The zero-order valence-corrected chi connectivity index (χ0v) is 11.9. The van der Waals surface area contributed by atoms with Gasteiger partial charge in [0.15, 0.2) is 0 Å². The zero-order valence-electron chi connectivity index (χ0n) is 11.1. The van der Waals surface area contributed by atoms with Gasteiger partial charge in [-0.25, -0.2) is 17.2 Å². The lowest BCUT2D eigenvalue weighted by molar-refractivity contribution is 0.281. The number of aryl methyl sites for hydroxylation is 1. The van der Waals surface area contributed by atoms with Gasteiger partial charge in [-0.1, -0.05) is 18.2 Å². The molecule has 0 saturated carbocycles. The van der Waals surface area contributed by atoms with Crippen LogP contribution in [0, 0.1) is 18.6 Å². The van der Waals surface area contributed by atoms with Gasteiger partial charge in [-0.15, -0.1) is 0 Å². The average Bonchev–Trinajstić information content (AvgIpc) is 2.43. The van der Waals surface area contributed by atoms with E-state index in [0.717, 1.165) is 18.2 Å². The number of para-hydroxylation sites is 1. The number of sulfonamides is 1. The van der Waals surface area contributed by atoms with E-state index in [1.807, 2.05) is 4.72 Å². The molecule has 21 heavy (non-hydrogen) atoms. The summed E-state index contributed by atoms with van der Waals surface area (Å²) in [6, 6.07) is 7.28. The Labute approximate surface area is 121 Å². The van der Waals surface area contributed by atoms with Gasteiger partial charge < -0.3 is 5.11 Å². The van der Waals surface area contributed by atoms with Gasteiger partial charge in [0.25, 0.3) is 10.0 Å². The van der Waals surface area contributed by atoms with Gasteiger partial charge in [-0.05, 0) is 36.2 Å². The Morgan fingerprint density at radius 1 is 1.14 bits per heavy atom. The minimum atomic E-state index is -4.30. The molecule has 2 rings (SSSR count). The van der Waals surface area contributed by atoms with Crippen molar-refractivity contribution in [3.8, 4) is 0 Å². The van der Waals surface area contributed by atoms with E-state index in [2.05, 4.69) is 0 Å². The number of hydrogen-bond acceptors (Lipinski definition) is 3. The molecule has 0 unspecified atom stereocenters. The Balaban J connectivity index is 2.48. The number of anilines is 1. The average molecular weight is 313 g/mol. The first-order valence-corrected chi connectivity index (χ1v) is 7.50. The molecular weight excluding hydrogens is 300 g/mol. The van der Waals surface area contributed by atoms with Gasteiger partial charge in [0.05, 0.1) is 12.3 Å². The lowest BCUT2D eigenvalue weighted by Crippen LogP contribution is -2.16. The molecule has 0 radical (unpaired) electrons. The number of hydrogen-bond donors (Lipinski definition) is 2. The molecule has 0 aliphatic heterocycles. The Morgan fingerprint density at radius 3 is 2.48 bits per heavy atom. The summed E-state index contributed by atoms with van der Waals surface area (Å²) in [7, 11) is -4.30. The molecule has 0 aromatic heterocycles. The van der Waals surface area contributed by atoms with Crippen LogP contribution in [0.2, 0.25) is 0 Å². The topological polar surface area (TPSA) is 66.4 Å². The van der Waals surface area contributed by atoms with E-state index in [1.54, 1.807) is 0 Å². The maximum atomic E-state index is 13.7. The van der Waals surface area contributed by atoms with Crippen molar-refractivity contribution in [2.45, 2.75) is 18.4 Å². The molecule has 0 aliphatic rings. The highest BCUT2D eigenvalue weighted by molar-refractivity contribution is 7.92. The quantitative estimate of drug-likeness (QED) is 0.911. The van der Waals surface area contributed by atoms with Crippen molar-refractivity contribution in [2.24, 2.45) is 0 Å². The van der Waals surface area contributed by atoms with Crippen LogP contribution in [0.1, 0.15) is 11.1 Å². The molecule has 112 valence electrons. The number of nitrogens with one attached hydrogen (secondary N) is 1. The Bertz CT molecular complexity index is 756. The first-order valence-electron chi connectivity index (χ1n) is 6.02. The van der Waals surface area contributed by atoms with E-state index in [0.29, 0.717) is 5.56 Å². The SMILES string of the molecule is Cc1cccc(F)c1NS(=O)(=O)c1cc(CO)ccc1F. The van der Waals surface area contributed by atoms with Crippen molar-refractivity contribution in [2.75, 3.05) is 4.72 Å². The lowest BCUT2D eigenvalue weighted by Gasteiger charge is -2.12. The maximum Gasteiger partial charge on any atom is 0.264 e. The molecule has 0 atom stereocenters. The monoisotopic (exact) mass is 313 g/mol. The Morgan fingerprint density at radius 2 is 1.86 bits per heavy atom. The largest absolute Gasteiger partial charge is 0.392 e. The molecule has 2 aromatic carbocycles. The van der Waals surface area contributed by atoms with Crippen molar-refractivity contribution >= 4 is 15.7 Å². The molecule has 4 nitrogen and oxygen atoms in total. The van der Waals surface area contributed by atoms with Crippen molar-refractivity contribution < 1.29 is 22.3 Å². The number of aliphatic hydroxyl groups is 1. The van der Waals surface area contributed by atoms with Crippen LogP contribution in [0.15, 0.2) is 41.3 Å². The predicted octanol–water partition coefficient (Wildman–Crippen LogP) is 2.57. The molecule has 0 bridgehead atoms. The fourth-order valence-corrected chi connectivity index (χ4v) is 3.07. The second-order valence-corrected chi connectivity index (χ2v) is 6.11. The molecule has 0 spiro atoms. The molecule has 0 saturated heterocycles. The zero-order chi connectivity index (χ0) is 15.6. The highest BCUT2D eigenvalue weighted by Crippen LogP contribution is 2.24. The minimum absolute atomic E-state index is 0.230. The smallest absolute Gasteiger partial charge is 0.264 e. The fourth-order valence-electron chi connectivity index (χ4n) is 1.80. The van der Waals surface area contributed by atoms with Crippen LogP contribution >= 0.6 is 0 Å². The van der Waals surface area contributed by atoms with Crippen molar-refractivity contribution in [3.05, 3.63) is 59.2 Å². The van der Waals surface area contributed by atoms with E-state index >= 15 is 0 Å². The third kappa shape index (κ3) is 3.20. The van der Waals surface area contributed by atoms with E-state index in [4.69, 9.17) is 5.11 Å². The van der Waals surface area contributed by atoms with E-state index < -0.39 is 33.2 Å². The van der Waals surface area contributed by atoms with Gasteiger partial charge in [-0.2, -0.15) is 0 Å². The number of rotatable bonds is 4. The van der Waals surface area contributed by atoms with Crippen LogP contribution in [-0.4, -0.2) is 13.5 Å². The summed E-state index contributed by atoms with van der Waals surface area (Å²) in [5, 5.41) is 9.00. The standard InChI is InChI=1S/C14H13F2NO3S/c1-9-3-2-4-12(16)14(9)17-21(19,20)13-7-10(8-18)5-6-11(13)15/h2-7,17-18H,8H2,1H3. The highest BCUT2D eigenvalue weighted by atomic mass is 32.2. The second-order valence-electron chi connectivity index (χ2n) is 4.46. The van der Waals surface area contributed by atoms with Gasteiger partial charge in [0, 0.05) is 0 Å². The first kappa shape index (κ1) is 15.4. The van der Waals surface area contributed by atoms with Crippen molar-refractivity contribution in [1.82, 2.24) is 0 Å². The van der Waals surface area contributed by atoms with Crippen LogP contribution < -0.4 is 4.72 Å². The molecule has 0 aliphatic carbocycles. The summed E-state index contributed by atoms with van der Waals surface area (Å²) in [5.41, 5.74) is 0.380. The van der Waals surface area contributed by atoms with E-state index in [-0.39, 0.29) is 11.3 Å². The molecule has 0 heterocycles. The summed E-state index contributed by atoms with van der Waals surface area (Å²) in [4.78, 5) is -0.642. The predicted molar refractivity (Wildman–Crippen MR) is 74.3 cm³/mol. The van der Waals surface area contributed by atoms with Gasteiger partial charge >= 0.3 is 0 Å². The summed E-state index contributed by atoms with van der Waals surface area (Å²) >= 11 is 0. The van der Waals surface area contributed by atoms with Crippen LogP contribution in [0.3, 0.4) is 0 Å². The van der Waals surface area contributed by atoms with Crippen LogP contribution in [-0.2, 0) is 16.6 Å². The maximum absolute atomic E-state index is 13.7. The van der Waals surface area contributed by atoms with Gasteiger partial charge in [-0.3, -0.25) is 4.72 Å². The summed E-state index contributed by atoms with van der Waals surface area (Å²) < 4.78 is 53.8. The fraction of sp³-hybridized carbons (Fsp3) is 0.143. The van der Waals surface area contributed by atoms with Crippen LogP contribution in [0.25, 0.3) is 0 Å². The summed E-state index contributed by atoms with van der Waals surface area (Å²) in [6.07, 6.45) is 0. The third-order valence-electron chi connectivity index (χ3n) is 2.93. The second kappa shape index (κ2) is 5.79. The molecular formula is C14H13F2NO3S. The van der Waals surface area contributed by atoms with Gasteiger partial charge in [0.2, 0.25) is 0 Å². The molecule has 0 amide bonds. The van der Waals surface area contributed by atoms with Gasteiger partial charge in [0.1, 0.15) is 16.5 Å². The normalized spacial score (nSPS) is 11.4. The Hall–Kier alpha value is -1.99. The summed E-state index contributed by atoms with van der Waals surface area (Å²) in [5.74, 6) is -1.73. The van der Waals surface area contributed by atoms with Crippen LogP contribution in [0.4, 0.5) is 14.5 Å². The molecule has 2 N–H and O–H groups in total. The molecule has 0 fully saturated rings. The van der Waals surface area contributed by atoms with Crippen molar-refractivity contribution in [3.63, 3.8) is 0 Å². The number of aliphatic hydroxyl groups excluding tert-OH is 1. The highest BCUT2D eigenvalue weighted by Gasteiger charge is 2.22. The van der Waals surface area contributed by atoms with Crippen molar-refractivity contribution in [1.29, 1.82) is 0 Å². The van der Waals surface area contributed by atoms with E-state index in [1.165, 1.54) is 25.1 Å². The first-order chi connectivity index (χ1) is 9.85. The van der Waals surface area contributed by atoms with Crippen LogP contribution in [0.5, 0.6) is 0 Å². The van der Waals surface area contributed by atoms with E-state index in [9.17, 15) is 17.2 Å².